The van der Waals surface area contributed by atoms with Gasteiger partial charge in [0, 0.05) is 68.6 Å². The lowest BCUT2D eigenvalue weighted by atomic mass is 9.90. The maximum Gasteiger partial charge on any atom is 0.232 e. The molecule has 0 radical (unpaired) electrons. The average Bonchev–Trinajstić information content (AvgIpc) is 3.54. The van der Waals surface area contributed by atoms with Crippen molar-refractivity contribution in [1.82, 2.24) is 39.8 Å². The minimum absolute atomic E-state index is 0.0728. The van der Waals surface area contributed by atoms with Crippen LogP contribution in [0, 0.1) is 6.92 Å². The topological polar surface area (TPSA) is 98.7 Å². The Morgan fingerprint density at radius 1 is 1.10 bits per heavy atom. The molecule has 0 amide bonds. The highest BCUT2D eigenvalue weighted by Crippen LogP contribution is 2.39. The van der Waals surface area contributed by atoms with Gasteiger partial charge < -0.3 is 4.52 Å². The molecule has 31 heavy (non-hydrogen) atoms. The molecule has 1 saturated heterocycles. The van der Waals surface area contributed by atoms with Crippen molar-refractivity contribution in [1.29, 1.82) is 0 Å². The summed E-state index contributed by atoms with van der Waals surface area (Å²) in [5.74, 6) is 1.37. The predicted octanol–water partition coefficient (Wildman–Crippen LogP) is 2.83. The number of hydrogen-bond acceptors (Lipinski definition) is 8. The number of likely N-dealkylation sites (tertiary alicyclic amines) is 1. The Morgan fingerprint density at radius 3 is 2.71 bits per heavy atom. The van der Waals surface area contributed by atoms with Crippen LogP contribution in [0.2, 0.25) is 0 Å². The van der Waals surface area contributed by atoms with E-state index in [9.17, 15) is 0 Å². The number of aryl methyl sites for hydroxylation is 2. The van der Waals surface area contributed by atoms with E-state index in [0.29, 0.717) is 17.4 Å². The summed E-state index contributed by atoms with van der Waals surface area (Å²) in [6.45, 7) is 7.58. The zero-order valence-corrected chi connectivity index (χ0v) is 17.6. The van der Waals surface area contributed by atoms with Crippen LogP contribution in [-0.4, -0.2) is 52.9 Å². The number of rotatable bonds is 6. The molecule has 4 aromatic heterocycles. The van der Waals surface area contributed by atoms with Gasteiger partial charge in [-0.2, -0.15) is 10.1 Å². The van der Waals surface area contributed by atoms with Crippen LogP contribution in [0.15, 0.2) is 53.8 Å². The molecule has 9 heteroatoms. The number of nitrogens with zero attached hydrogens (tertiary/aromatic N) is 8. The van der Waals surface area contributed by atoms with Crippen LogP contribution >= 0.6 is 0 Å². The van der Waals surface area contributed by atoms with Gasteiger partial charge in [-0.1, -0.05) is 11.2 Å². The largest absolute Gasteiger partial charge is 0.339 e. The minimum Gasteiger partial charge on any atom is -0.339 e. The quantitative estimate of drug-likeness (QED) is 0.473. The maximum absolute atomic E-state index is 5.71. The highest BCUT2D eigenvalue weighted by molar-refractivity contribution is 5.45. The van der Waals surface area contributed by atoms with Crippen LogP contribution in [0.25, 0.3) is 11.5 Å². The maximum atomic E-state index is 5.71. The van der Waals surface area contributed by atoms with Crippen LogP contribution in [-0.2, 0) is 13.1 Å². The first-order valence-electron chi connectivity index (χ1n) is 10.5. The molecule has 2 atom stereocenters. The summed E-state index contributed by atoms with van der Waals surface area (Å²) in [7, 11) is 0. The molecule has 0 bridgehead atoms. The number of aromatic nitrogens is 7. The van der Waals surface area contributed by atoms with E-state index < -0.39 is 0 Å². The van der Waals surface area contributed by atoms with Gasteiger partial charge >= 0.3 is 0 Å². The summed E-state index contributed by atoms with van der Waals surface area (Å²) in [5, 5.41) is 8.75. The summed E-state index contributed by atoms with van der Waals surface area (Å²) < 4.78 is 7.69. The van der Waals surface area contributed by atoms with Crippen LogP contribution < -0.4 is 0 Å². The van der Waals surface area contributed by atoms with Crippen molar-refractivity contribution in [3.8, 4) is 11.5 Å². The third-order valence-electron chi connectivity index (χ3n) is 5.83. The fraction of sp³-hybridized carbons (Fsp3) is 0.364. The van der Waals surface area contributed by atoms with Crippen LogP contribution in [0.5, 0.6) is 0 Å². The summed E-state index contributed by atoms with van der Waals surface area (Å²) >= 11 is 0. The second kappa shape index (κ2) is 8.35. The summed E-state index contributed by atoms with van der Waals surface area (Å²) in [6.07, 6.45) is 10.8. The predicted molar refractivity (Wildman–Crippen MR) is 113 cm³/mol. The first kappa shape index (κ1) is 19.5. The van der Waals surface area contributed by atoms with Gasteiger partial charge in [0.2, 0.25) is 11.7 Å². The number of pyridine rings is 1. The lowest BCUT2D eigenvalue weighted by Gasteiger charge is -2.15. The first-order valence-corrected chi connectivity index (χ1v) is 10.5. The van der Waals surface area contributed by atoms with E-state index in [-0.39, 0.29) is 11.8 Å². The molecule has 0 aromatic carbocycles. The Morgan fingerprint density at radius 2 is 1.97 bits per heavy atom. The van der Waals surface area contributed by atoms with E-state index in [2.05, 4.69) is 61.2 Å². The zero-order chi connectivity index (χ0) is 21.2. The molecule has 0 aliphatic carbocycles. The highest BCUT2D eigenvalue weighted by Gasteiger charge is 2.39. The lowest BCUT2D eigenvalue weighted by molar-refractivity contribution is 0.308. The van der Waals surface area contributed by atoms with E-state index in [0.717, 1.165) is 31.9 Å². The van der Waals surface area contributed by atoms with Crippen molar-refractivity contribution in [2.75, 3.05) is 13.1 Å². The molecule has 0 unspecified atom stereocenters. The molecule has 0 saturated carbocycles. The molecule has 1 fully saturated rings. The normalized spacial score (nSPS) is 19.2. The van der Waals surface area contributed by atoms with E-state index in [1.54, 1.807) is 24.8 Å². The van der Waals surface area contributed by atoms with Crippen molar-refractivity contribution in [2.24, 2.45) is 0 Å². The van der Waals surface area contributed by atoms with Gasteiger partial charge in [0.25, 0.3) is 0 Å². The van der Waals surface area contributed by atoms with Crippen molar-refractivity contribution in [3.05, 3.63) is 72.0 Å². The molecule has 9 nitrogen and oxygen atoms in total. The molecular formula is C22H24N8O. The SMILES string of the molecule is CCn1cc(CN2C[C@@H](c3cccnc3)[C@H](c3nc(-c4cnccn4)no3)C2)c(C)n1. The fourth-order valence-corrected chi connectivity index (χ4v) is 4.22. The zero-order valence-electron chi connectivity index (χ0n) is 17.6. The van der Waals surface area contributed by atoms with E-state index in [4.69, 9.17) is 4.52 Å². The van der Waals surface area contributed by atoms with Crippen LogP contribution in [0.1, 0.15) is 41.5 Å². The Kier molecular flexibility index (Phi) is 5.25. The highest BCUT2D eigenvalue weighted by atomic mass is 16.5. The Labute approximate surface area is 180 Å². The molecule has 5 heterocycles. The molecule has 4 aromatic rings. The molecule has 1 aliphatic heterocycles. The third kappa shape index (κ3) is 3.96. The Hall–Kier alpha value is -3.46. The van der Waals surface area contributed by atoms with Crippen LogP contribution in [0.4, 0.5) is 0 Å². The lowest BCUT2D eigenvalue weighted by Crippen LogP contribution is -2.20. The van der Waals surface area contributed by atoms with E-state index in [1.807, 2.05) is 16.9 Å². The summed E-state index contributed by atoms with van der Waals surface area (Å²) in [6, 6.07) is 4.10. The molecule has 0 N–H and O–H groups in total. The second-order valence-corrected chi connectivity index (χ2v) is 7.84. The van der Waals surface area contributed by atoms with Crippen molar-refractivity contribution in [2.45, 2.75) is 38.8 Å². The average molecular weight is 416 g/mol. The molecule has 5 rings (SSSR count). The van der Waals surface area contributed by atoms with Crippen LogP contribution in [0.3, 0.4) is 0 Å². The van der Waals surface area contributed by atoms with Gasteiger partial charge in [0.15, 0.2) is 0 Å². The van der Waals surface area contributed by atoms with E-state index >= 15 is 0 Å². The summed E-state index contributed by atoms with van der Waals surface area (Å²) in [4.78, 5) is 19.8. The van der Waals surface area contributed by atoms with E-state index in [1.165, 1.54) is 11.1 Å². The minimum atomic E-state index is 0.0728. The summed E-state index contributed by atoms with van der Waals surface area (Å²) in [5.41, 5.74) is 4.10. The van der Waals surface area contributed by atoms with Crippen molar-refractivity contribution >= 4 is 0 Å². The smallest absolute Gasteiger partial charge is 0.232 e. The third-order valence-corrected chi connectivity index (χ3v) is 5.83. The van der Waals surface area contributed by atoms with Gasteiger partial charge in [-0.25, -0.2) is 4.98 Å². The standard InChI is InChI=1S/C22H24N8O/c1-3-30-12-17(15(2)27-30)11-29-13-18(16-5-4-6-23-9-16)19(14-29)22-26-21(28-31-22)20-10-24-7-8-25-20/h4-10,12,18-19H,3,11,13-14H2,1-2H3/t18-,19+/m0/s1. The fourth-order valence-electron chi connectivity index (χ4n) is 4.22. The Balaban J connectivity index is 1.43. The van der Waals surface area contributed by atoms with Gasteiger partial charge in [-0.15, -0.1) is 0 Å². The van der Waals surface area contributed by atoms with Crippen molar-refractivity contribution in [3.63, 3.8) is 0 Å². The second-order valence-electron chi connectivity index (χ2n) is 7.84. The first-order chi connectivity index (χ1) is 15.2. The van der Waals surface area contributed by atoms with Gasteiger partial charge in [0.1, 0.15) is 5.69 Å². The Bertz CT molecular complexity index is 1140. The molecular weight excluding hydrogens is 392 g/mol. The van der Waals surface area contributed by atoms with Gasteiger partial charge in [-0.3, -0.25) is 19.5 Å². The molecule has 1 aliphatic rings. The van der Waals surface area contributed by atoms with Gasteiger partial charge in [0.05, 0.1) is 17.8 Å². The molecule has 0 spiro atoms. The number of hydrogen-bond donors (Lipinski definition) is 0. The van der Waals surface area contributed by atoms with Crippen molar-refractivity contribution < 1.29 is 4.52 Å². The monoisotopic (exact) mass is 416 g/mol. The molecule has 158 valence electrons. The van der Waals surface area contributed by atoms with Gasteiger partial charge in [-0.05, 0) is 25.5 Å².